The van der Waals surface area contributed by atoms with Crippen LogP contribution in [0.4, 0.5) is 0 Å². The van der Waals surface area contributed by atoms with Gasteiger partial charge in [0.25, 0.3) is 5.91 Å². The molecule has 0 aliphatic rings. The summed E-state index contributed by atoms with van der Waals surface area (Å²) in [6, 6.07) is 7.97. The van der Waals surface area contributed by atoms with Crippen LogP contribution in [0.2, 0.25) is 0 Å². The van der Waals surface area contributed by atoms with E-state index in [0.29, 0.717) is 16.9 Å². The number of carbonyl (C=O) groups is 1. The molecule has 2 rings (SSSR count). The van der Waals surface area contributed by atoms with Gasteiger partial charge in [-0.3, -0.25) is 4.79 Å². The van der Waals surface area contributed by atoms with E-state index in [1.807, 2.05) is 0 Å². The smallest absolute Gasteiger partial charge is 0.250 e. The van der Waals surface area contributed by atoms with Crippen molar-refractivity contribution in [3.63, 3.8) is 0 Å². The quantitative estimate of drug-likeness (QED) is 0.337. The lowest BCUT2D eigenvalue weighted by Crippen LogP contribution is -2.19. The fourth-order valence-corrected chi connectivity index (χ4v) is 2.19. The molecule has 2 aromatic rings. The van der Waals surface area contributed by atoms with Crippen LogP contribution < -0.4 is 14.9 Å². The number of amides is 1. The van der Waals surface area contributed by atoms with E-state index in [0.717, 1.165) is 17.3 Å². The summed E-state index contributed by atoms with van der Waals surface area (Å²) < 4.78 is 10.1. The average Bonchev–Trinajstić information content (AvgIpc) is 2.61. The van der Waals surface area contributed by atoms with Crippen molar-refractivity contribution in [1.82, 2.24) is 15.4 Å². The minimum atomic E-state index is -0.305. The monoisotopic (exact) mass is 348 g/mol. The summed E-state index contributed by atoms with van der Waals surface area (Å²) in [5.41, 5.74) is 3.15. The summed E-state index contributed by atoms with van der Waals surface area (Å²) in [6.07, 6.45) is 1.48. The van der Waals surface area contributed by atoms with Gasteiger partial charge in [-0.1, -0.05) is 11.8 Å². The normalized spacial score (nSPS) is 10.6. The Morgan fingerprint density at radius 3 is 2.46 bits per heavy atom. The summed E-state index contributed by atoms with van der Waals surface area (Å²) >= 11 is 1.13. The highest BCUT2D eigenvalue weighted by Gasteiger charge is 2.08. The molecule has 0 saturated heterocycles. The number of rotatable bonds is 7. The van der Waals surface area contributed by atoms with Crippen LogP contribution >= 0.6 is 11.8 Å². The van der Waals surface area contributed by atoms with Gasteiger partial charge < -0.3 is 14.6 Å². The Morgan fingerprint density at radius 2 is 1.88 bits per heavy atom. The number of hydrogen-bond acceptors (Lipinski definition) is 8. The SMILES string of the molecule is COc1cc(OC)nc(SCC(=O)N/N=C/c2ccc(O)cc2)n1. The highest BCUT2D eigenvalue weighted by Crippen LogP contribution is 2.21. The van der Waals surface area contributed by atoms with Crippen LogP contribution in [0.3, 0.4) is 0 Å². The second-order valence-corrected chi connectivity index (χ2v) is 5.35. The third kappa shape index (κ3) is 5.43. The maximum Gasteiger partial charge on any atom is 0.250 e. The van der Waals surface area contributed by atoms with Gasteiger partial charge in [0, 0.05) is 0 Å². The number of hydrogen-bond donors (Lipinski definition) is 2. The molecule has 1 aromatic carbocycles. The first kappa shape index (κ1) is 17.5. The first-order valence-electron chi connectivity index (χ1n) is 6.81. The zero-order valence-electron chi connectivity index (χ0n) is 13.1. The molecule has 2 N–H and O–H groups in total. The Morgan fingerprint density at radius 1 is 1.25 bits per heavy atom. The van der Waals surface area contributed by atoms with Crippen molar-refractivity contribution in [2.75, 3.05) is 20.0 Å². The topological polar surface area (TPSA) is 106 Å². The van der Waals surface area contributed by atoms with Gasteiger partial charge in [0.2, 0.25) is 11.8 Å². The lowest BCUT2D eigenvalue weighted by Gasteiger charge is -2.05. The van der Waals surface area contributed by atoms with Crippen LogP contribution in [0, 0.1) is 0 Å². The Labute approximate surface area is 142 Å². The number of methoxy groups -OCH3 is 2. The molecule has 0 unspecified atom stereocenters. The summed E-state index contributed by atoms with van der Waals surface area (Å²) in [5.74, 6) is 0.662. The number of benzene rings is 1. The molecule has 1 aromatic heterocycles. The Balaban J connectivity index is 1.85. The molecule has 24 heavy (non-hydrogen) atoms. The van der Waals surface area contributed by atoms with Gasteiger partial charge in [0.05, 0.1) is 32.3 Å². The molecule has 9 heteroatoms. The van der Waals surface area contributed by atoms with Crippen molar-refractivity contribution < 1.29 is 19.4 Å². The minimum absolute atomic E-state index is 0.0865. The molecule has 0 saturated carbocycles. The number of aromatic nitrogens is 2. The molecule has 0 aliphatic carbocycles. The fourth-order valence-electron chi connectivity index (χ4n) is 1.56. The number of thioether (sulfide) groups is 1. The zero-order valence-corrected chi connectivity index (χ0v) is 13.9. The summed E-state index contributed by atoms with van der Waals surface area (Å²) in [5, 5.41) is 13.4. The van der Waals surface area contributed by atoms with Gasteiger partial charge in [0.1, 0.15) is 5.75 Å². The molecule has 0 bridgehead atoms. The van der Waals surface area contributed by atoms with Crippen molar-refractivity contribution in [2.24, 2.45) is 5.10 Å². The zero-order chi connectivity index (χ0) is 17.4. The van der Waals surface area contributed by atoms with E-state index in [4.69, 9.17) is 9.47 Å². The van der Waals surface area contributed by atoms with E-state index in [9.17, 15) is 9.90 Å². The van der Waals surface area contributed by atoms with E-state index in [1.54, 1.807) is 18.2 Å². The number of ether oxygens (including phenoxy) is 2. The maximum atomic E-state index is 11.8. The van der Waals surface area contributed by atoms with Crippen molar-refractivity contribution >= 4 is 23.9 Å². The Hall–Kier alpha value is -2.81. The number of aromatic hydroxyl groups is 1. The van der Waals surface area contributed by atoms with Crippen molar-refractivity contribution in [2.45, 2.75) is 5.16 Å². The van der Waals surface area contributed by atoms with Gasteiger partial charge in [-0.15, -0.1) is 0 Å². The molecular weight excluding hydrogens is 332 g/mol. The van der Waals surface area contributed by atoms with E-state index in [1.165, 1.54) is 32.6 Å². The summed E-state index contributed by atoms with van der Waals surface area (Å²) in [4.78, 5) is 20.0. The Bertz CT molecular complexity index is 700. The third-order valence-corrected chi connectivity index (χ3v) is 3.55. The predicted molar refractivity (Wildman–Crippen MR) is 89.7 cm³/mol. The summed E-state index contributed by atoms with van der Waals surface area (Å²) in [6.45, 7) is 0. The van der Waals surface area contributed by atoms with Crippen LogP contribution in [-0.2, 0) is 4.79 Å². The molecule has 0 spiro atoms. The number of nitrogens with one attached hydrogen (secondary N) is 1. The lowest BCUT2D eigenvalue weighted by atomic mass is 10.2. The van der Waals surface area contributed by atoms with Gasteiger partial charge in [-0.2, -0.15) is 15.1 Å². The first-order valence-corrected chi connectivity index (χ1v) is 7.80. The second-order valence-electron chi connectivity index (χ2n) is 4.41. The second kappa shape index (κ2) is 8.73. The lowest BCUT2D eigenvalue weighted by molar-refractivity contribution is -0.118. The highest BCUT2D eigenvalue weighted by atomic mass is 32.2. The minimum Gasteiger partial charge on any atom is -0.508 e. The van der Waals surface area contributed by atoms with Gasteiger partial charge in [0.15, 0.2) is 5.16 Å². The highest BCUT2D eigenvalue weighted by molar-refractivity contribution is 7.99. The van der Waals surface area contributed by atoms with Crippen molar-refractivity contribution in [3.8, 4) is 17.5 Å². The molecule has 8 nitrogen and oxygen atoms in total. The van der Waals surface area contributed by atoms with Crippen LogP contribution in [0.25, 0.3) is 0 Å². The van der Waals surface area contributed by atoms with E-state index in [2.05, 4.69) is 20.5 Å². The number of hydrazone groups is 1. The number of phenolic OH excluding ortho intramolecular Hbond substituents is 1. The average molecular weight is 348 g/mol. The molecular formula is C15H16N4O4S. The molecule has 1 amide bonds. The van der Waals surface area contributed by atoms with E-state index < -0.39 is 0 Å². The van der Waals surface area contributed by atoms with E-state index >= 15 is 0 Å². The number of nitrogens with zero attached hydrogens (tertiary/aromatic N) is 3. The Kier molecular flexibility index (Phi) is 6.38. The largest absolute Gasteiger partial charge is 0.508 e. The van der Waals surface area contributed by atoms with Gasteiger partial charge in [-0.05, 0) is 29.8 Å². The fraction of sp³-hybridized carbons (Fsp3) is 0.200. The van der Waals surface area contributed by atoms with Crippen LogP contribution in [0.15, 0.2) is 40.6 Å². The first-order chi connectivity index (χ1) is 11.6. The van der Waals surface area contributed by atoms with E-state index in [-0.39, 0.29) is 17.4 Å². The molecule has 0 fully saturated rings. The molecule has 1 heterocycles. The third-order valence-electron chi connectivity index (χ3n) is 2.71. The summed E-state index contributed by atoms with van der Waals surface area (Å²) in [7, 11) is 2.97. The number of carbonyl (C=O) groups excluding carboxylic acids is 1. The molecule has 126 valence electrons. The van der Waals surface area contributed by atoms with Crippen molar-refractivity contribution in [3.05, 3.63) is 35.9 Å². The predicted octanol–water partition coefficient (Wildman–Crippen LogP) is 1.44. The van der Waals surface area contributed by atoms with Crippen molar-refractivity contribution in [1.29, 1.82) is 0 Å². The maximum absolute atomic E-state index is 11.8. The van der Waals surface area contributed by atoms with Crippen LogP contribution in [-0.4, -0.2) is 47.2 Å². The van der Waals surface area contributed by atoms with Gasteiger partial charge in [-0.25, -0.2) is 5.43 Å². The van der Waals surface area contributed by atoms with Gasteiger partial charge >= 0.3 is 0 Å². The molecule has 0 atom stereocenters. The standard InChI is InChI=1S/C15H16N4O4S/c1-22-13-7-14(23-2)18-15(17-13)24-9-12(21)19-16-8-10-3-5-11(20)6-4-10/h3-8,20H,9H2,1-2H3,(H,19,21)/b16-8+. The van der Waals surface area contributed by atoms with Crippen LogP contribution in [0.5, 0.6) is 17.5 Å². The number of phenols is 1. The van der Waals surface area contributed by atoms with Crippen LogP contribution in [0.1, 0.15) is 5.56 Å². The molecule has 0 radical (unpaired) electrons. The molecule has 0 aliphatic heterocycles.